The molecule has 3 N–H and O–H groups in total. The molecule has 1 amide bonds. The average Bonchev–Trinajstić information content (AvgIpc) is 2.23. The van der Waals surface area contributed by atoms with Gasteiger partial charge in [0.25, 0.3) is 5.56 Å². The average molecular weight is 256 g/mol. The van der Waals surface area contributed by atoms with Gasteiger partial charge in [-0.15, -0.1) is 12.6 Å². The van der Waals surface area contributed by atoms with Gasteiger partial charge in [0, 0.05) is 14.1 Å². The molecule has 1 aromatic heterocycles. The van der Waals surface area contributed by atoms with E-state index in [0.717, 1.165) is 9.13 Å². The van der Waals surface area contributed by atoms with Crippen LogP contribution < -0.4 is 17.0 Å². The van der Waals surface area contributed by atoms with E-state index in [9.17, 15) is 14.4 Å². The van der Waals surface area contributed by atoms with Crippen molar-refractivity contribution in [2.45, 2.75) is 11.4 Å². The maximum absolute atomic E-state index is 11.8. The Labute approximate surface area is 102 Å². The Hall–Kier alpha value is -1.83. The van der Waals surface area contributed by atoms with Crippen LogP contribution in [0, 0.1) is 5.41 Å². The second kappa shape index (κ2) is 4.58. The lowest BCUT2D eigenvalue weighted by Crippen LogP contribution is -2.41. The van der Waals surface area contributed by atoms with Crippen molar-refractivity contribution >= 4 is 24.2 Å². The summed E-state index contributed by atoms with van der Waals surface area (Å²) in [5.41, 5.74) is 3.41. The van der Waals surface area contributed by atoms with E-state index in [1.807, 2.05) is 0 Å². The standard InChI is InChI=1S/C9H12N4O3S/c1-12-7(15)6(4(10)3-5(11)14)8(17)13(2)9(12)16/h10,17H,3H2,1-2H3,(H2,11,14). The normalized spacial score (nSPS) is 10.3. The number of carbonyl (C=O) groups excluding carboxylic acids is 1. The molecule has 0 saturated carbocycles. The van der Waals surface area contributed by atoms with Crippen LogP contribution in [-0.2, 0) is 18.9 Å². The van der Waals surface area contributed by atoms with Crippen molar-refractivity contribution in [2.75, 3.05) is 0 Å². The summed E-state index contributed by atoms with van der Waals surface area (Å²) in [4.78, 5) is 34.0. The summed E-state index contributed by atoms with van der Waals surface area (Å²) >= 11 is 4.02. The van der Waals surface area contributed by atoms with Gasteiger partial charge in [-0.1, -0.05) is 0 Å². The van der Waals surface area contributed by atoms with Gasteiger partial charge < -0.3 is 11.1 Å². The van der Waals surface area contributed by atoms with E-state index in [0.29, 0.717) is 0 Å². The Morgan fingerprint density at radius 2 is 1.88 bits per heavy atom. The fourth-order valence-corrected chi connectivity index (χ4v) is 1.68. The Morgan fingerprint density at radius 1 is 1.35 bits per heavy atom. The van der Waals surface area contributed by atoms with E-state index in [-0.39, 0.29) is 22.7 Å². The molecule has 0 bridgehead atoms. The van der Waals surface area contributed by atoms with Gasteiger partial charge in [-0.2, -0.15) is 0 Å². The van der Waals surface area contributed by atoms with E-state index >= 15 is 0 Å². The summed E-state index contributed by atoms with van der Waals surface area (Å²) in [5, 5.41) is 7.67. The van der Waals surface area contributed by atoms with Crippen molar-refractivity contribution in [2.24, 2.45) is 19.8 Å². The molecule has 1 rings (SSSR count). The first kappa shape index (κ1) is 13.2. The molecule has 0 radical (unpaired) electrons. The minimum atomic E-state index is -0.723. The van der Waals surface area contributed by atoms with Crippen LogP contribution in [0.1, 0.15) is 12.0 Å². The zero-order valence-electron chi connectivity index (χ0n) is 9.35. The highest BCUT2D eigenvalue weighted by Crippen LogP contribution is 2.08. The molecule has 0 spiro atoms. The molecule has 0 saturated heterocycles. The van der Waals surface area contributed by atoms with Crippen molar-refractivity contribution in [1.29, 1.82) is 5.41 Å². The van der Waals surface area contributed by atoms with Crippen LogP contribution in [0.3, 0.4) is 0 Å². The largest absolute Gasteiger partial charge is 0.369 e. The van der Waals surface area contributed by atoms with Gasteiger partial charge >= 0.3 is 5.69 Å². The first-order chi connectivity index (χ1) is 7.77. The second-order valence-corrected chi connectivity index (χ2v) is 3.95. The Kier molecular flexibility index (Phi) is 3.56. The Balaban J connectivity index is 3.56. The molecule has 0 aliphatic carbocycles. The van der Waals surface area contributed by atoms with E-state index < -0.39 is 17.2 Å². The molecule has 1 heterocycles. The molecule has 1 aromatic rings. The first-order valence-electron chi connectivity index (χ1n) is 4.62. The lowest BCUT2D eigenvalue weighted by atomic mass is 10.1. The van der Waals surface area contributed by atoms with E-state index in [1.54, 1.807) is 0 Å². The number of nitrogens with two attached hydrogens (primary N) is 1. The van der Waals surface area contributed by atoms with Gasteiger partial charge in [0.2, 0.25) is 5.91 Å². The van der Waals surface area contributed by atoms with Crippen LogP contribution in [-0.4, -0.2) is 20.8 Å². The third kappa shape index (κ3) is 2.31. The summed E-state index contributed by atoms with van der Waals surface area (Å²) in [7, 11) is 2.71. The van der Waals surface area contributed by atoms with Crippen LogP contribution in [0.15, 0.2) is 14.6 Å². The molecule has 0 aromatic carbocycles. The number of nitrogens with one attached hydrogen (secondary N) is 1. The molecule has 7 nitrogen and oxygen atoms in total. The minimum Gasteiger partial charge on any atom is -0.369 e. The van der Waals surface area contributed by atoms with E-state index in [2.05, 4.69) is 12.6 Å². The van der Waals surface area contributed by atoms with Crippen LogP contribution >= 0.6 is 12.6 Å². The highest BCUT2D eigenvalue weighted by molar-refractivity contribution is 7.80. The number of aromatic nitrogens is 2. The SMILES string of the molecule is Cn1c(S)c(C(=N)CC(N)=O)c(=O)n(C)c1=O. The number of nitrogens with zero attached hydrogens (tertiary/aromatic N) is 2. The zero-order valence-corrected chi connectivity index (χ0v) is 10.2. The molecular formula is C9H12N4O3S. The van der Waals surface area contributed by atoms with Crippen LogP contribution in [0.5, 0.6) is 0 Å². The summed E-state index contributed by atoms with van der Waals surface area (Å²) < 4.78 is 1.97. The molecular weight excluding hydrogens is 244 g/mol. The van der Waals surface area contributed by atoms with Crippen LogP contribution in [0.2, 0.25) is 0 Å². The van der Waals surface area contributed by atoms with Crippen molar-refractivity contribution in [1.82, 2.24) is 9.13 Å². The maximum atomic E-state index is 11.8. The lowest BCUT2D eigenvalue weighted by molar-refractivity contribution is -0.116. The quantitative estimate of drug-likeness (QED) is 0.352. The number of thiol groups is 1. The zero-order chi connectivity index (χ0) is 13.3. The summed E-state index contributed by atoms with van der Waals surface area (Å²) in [6.45, 7) is 0. The fourth-order valence-electron chi connectivity index (χ4n) is 1.36. The Bertz CT molecular complexity index is 614. The molecule has 8 heteroatoms. The van der Waals surface area contributed by atoms with Crippen molar-refractivity contribution in [3.05, 3.63) is 26.4 Å². The predicted octanol–water partition coefficient (Wildman–Crippen LogP) is -1.38. The smallest absolute Gasteiger partial charge is 0.331 e. The van der Waals surface area contributed by atoms with Crippen LogP contribution in [0.25, 0.3) is 0 Å². The number of primary amides is 1. The number of carbonyl (C=O) groups is 1. The van der Waals surface area contributed by atoms with Crippen molar-refractivity contribution < 1.29 is 4.79 Å². The predicted molar refractivity (Wildman–Crippen MR) is 64.8 cm³/mol. The van der Waals surface area contributed by atoms with E-state index in [4.69, 9.17) is 11.1 Å². The Morgan fingerprint density at radius 3 is 2.35 bits per heavy atom. The number of amides is 1. The van der Waals surface area contributed by atoms with Crippen molar-refractivity contribution in [3.63, 3.8) is 0 Å². The van der Waals surface area contributed by atoms with E-state index in [1.165, 1.54) is 14.1 Å². The summed E-state index contributed by atoms with van der Waals surface area (Å²) in [6, 6.07) is 0. The summed E-state index contributed by atoms with van der Waals surface area (Å²) in [6.07, 6.45) is -0.374. The van der Waals surface area contributed by atoms with Crippen LogP contribution in [0.4, 0.5) is 0 Å². The molecule has 17 heavy (non-hydrogen) atoms. The molecule has 0 aliphatic rings. The van der Waals surface area contributed by atoms with Crippen molar-refractivity contribution in [3.8, 4) is 0 Å². The number of hydrogen-bond donors (Lipinski definition) is 3. The molecule has 0 atom stereocenters. The first-order valence-corrected chi connectivity index (χ1v) is 5.07. The molecule has 0 fully saturated rings. The molecule has 92 valence electrons. The van der Waals surface area contributed by atoms with Gasteiger partial charge in [0.15, 0.2) is 0 Å². The third-order valence-electron chi connectivity index (χ3n) is 2.29. The summed E-state index contributed by atoms with van der Waals surface area (Å²) in [5.74, 6) is -0.723. The van der Waals surface area contributed by atoms with Gasteiger partial charge in [-0.3, -0.25) is 18.7 Å². The van der Waals surface area contributed by atoms with Gasteiger partial charge in [-0.05, 0) is 0 Å². The second-order valence-electron chi connectivity index (χ2n) is 3.53. The lowest BCUT2D eigenvalue weighted by Gasteiger charge is -2.11. The number of hydrogen-bond acceptors (Lipinski definition) is 5. The number of rotatable bonds is 3. The highest BCUT2D eigenvalue weighted by Gasteiger charge is 2.18. The maximum Gasteiger partial charge on any atom is 0.331 e. The molecule has 0 aliphatic heterocycles. The fraction of sp³-hybridized carbons (Fsp3) is 0.333. The van der Waals surface area contributed by atoms with Gasteiger partial charge in [0.05, 0.1) is 22.7 Å². The molecule has 0 unspecified atom stereocenters. The topological polar surface area (TPSA) is 111 Å². The van der Waals surface area contributed by atoms with Gasteiger partial charge in [-0.25, -0.2) is 4.79 Å². The minimum absolute atomic E-state index is 0.0457. The highest BCUT2D eigenvalue weighted by atomic mass is 32.1. The van der Waals surface area contributed by atoms with Gasteiger partial charge in [0.1, 0.15) is 0 Å². The monoisotopic (exact) mass is 256 g/mol. The third-order valence-corrected chi connectivity index (χ3v) is 2.81.